The first-order chi connectivity index (χ1) is 14.4. The van der Waals surface area contributed by atoms with Crippen LogP contribution in [0.2, 0.25) is 0 Å². The predicted octanol–water partition coefficient (Wildman–Crippen LogP) is 6.36. The second-order valence-electron chi connectivity index (χ2n) is 6.98. The number of phenolic OH excluding ortho intramolecular Hbond substituents is 1. The van der Waals surface area contributed by atoms with E-state index in [0.29, 0.717) is 5.92 Å². The first kappa shape index (κ1) is 23.1. The highest BCUT2D eigenvalue weighted by Gasteiger charge is 2.09. The molecule has 0 saturated heterocycles. The second-order valence-corrected chi connectivity index (χ2v) is 6.98. The molecule has 3 aromatic carbocycles. The molecule has 0 spiro atoms. The van der Waals surface area contributed by atoms with Gasteiger partial charge in [-0.25, -0.2) is 0 Å². The number of aromatic hydroxyl groups is 1. The van der Waals surface area contributed by atoms with Crippen molar-refractivity contribution in [2.24, 2.45) is 0 Å². The largest absolute Gasteiger partial charge is 0.508 e. The molecule has 1 N–H and O–H groups in total. The predicted molar refractivity (Wildman–Crippen MR) is 121 cm³/mol. The monoisotopic (exact) mass is 407 g/mol. The van der Waals surface area contributed by atoms with Crippen LogP contribution in [0.5, 0.6) is 5.75 Å². The van der Waals surface area contributed by atoms with E-state index in [-0.39, 0.29) is 11.4 Å². The number of rotatable bonds is 7. The van der Waals surface area contributed by atoms with E-state index in [1.807, 2.05) is 38.1 Å². The van der Waals surface area contributed by atoms with E-state index in [0.717, 1.165) is 30.8 Å². The molecule has 0 saturated carbocycles. The smallest absolute Gasteiger partial charge is 0.269 e. The van der Waals surface area contributed by atoms with Gasteiger partial charge >= 0.3 is 0 Å². The fraction of sp³-hybridized carbons (Fsp3) is 0.280. The number of phenols is 1. The second kappa shape index (κ2) is 11.7. The van der Waals surface area contributed by atoms with Crippen molar-refractivity contribution in [2.45, 2.75) is 33.1 Å². The van der Waals surface area contributed by atoms with Gasteiger partial charge in [0.25, 0.3) is 5.69 Å². The maximum atomic E-state index is 10.7. The lowest BCUT2D eigenvalue weighted by Crippen LogP contribution is -1.98. The summed E-state index contributed by atoms with van der Waals surface area (Å²) in [6.07, 6.45) is 0.900. The molecule has 0 bridgehead atoms. The van der Waals surface area contributed by atoms with Gasteiger partial charge in [-0.3, -0.25) is 10.1 Å². The van der Waals surface area contributed by atoms with Gasteiger partial charge in [-0.05, 0) is 72.7 Å². The summed E-state index contributed by atoms with van der Waals surface area (Å²) in [6.45, 7) is 7.84. The fourth-order valence-corrected chi connectivity index (χ4v) is 3.09. The quantitative estimate of drug-likeness (QED) is 0.365. The summed E-state index contributed by atoms with van der Waals surface area (Å²) >= 11 is 0. The van der Waals surface area contributed by atoms with Gasteiger partial charge < -0.3 is 9.84 Å². The van der Waals surface area contributed by atoms with Crippen LogP contribution >= 0.6 is 0 Å². The molecule has 1 atom stereocenters. The van der Waals surface area contributed by atoms with Gasteiger partial charge in [-0.1, -0.05) is 43.3 Å². The van der Waals surface area contributed by atoms with E-state index in [4.69, 9.17) is 4.74 Å². The summed E-state index contributed by atoms with van der Waals surface area (Å²) in [6, 6.07) is 22.2. The topological polar surface area (TPSA) is 72.6 Å². The third-order valence-corrected chi connectivity index (χ3v) is 4.78. The number of hydrogen-bond acceptors (Lipinski definition) is 4. The summed E-state index contributed by atoms with van der Waals surface area (Å²) in [5.74, 6) is 0.638. The summed E-state index contributed by atoms with van der Waals surface area (Å²) in [7, 11) is 0. The van der Waals surface area contributed by atoms with Crippen molar-refractivity contribution < 1.29 is 14.8 Å². The highest BCUT2D eigenvalue weighted by Crippen LogP contribution is 2.26. The van der Waals surface area contributed by atoms with E-state index in [2.05, 4.69) is 19.1 Å². The van der Waals surface area contributed by atoms with Crippen LogP contribution in [0.25, 0.3) is 11.1 Å². The molecular formula is C25H29NO4. The Morgan fingerprint density at radius 1 is 0.867 bits per heavy atom. The number of nitro benzene ring substituents is 1. The van der Waals surface area contributed by atoms with Crippen molar-refractivity contribution in [1.29, 1.82) is 0 Å². The van der Waals surface area contributed by atoms with Crippen LogP contribution in [0.15, 0.2) is 72.8 Å². The maximum absolute atomic E-state index is 10.7. The maximum Gasteiger partial charge on any atom is 0.269 e. The van der Waals surface area contributed by atoms with Crippen molar-refractivity contribution in [3.8, 4) is 16.9 Å². The van der Waals surface area contributed by atoms with Crippen LogP contribution in [-0.2, 0) is 11.2 Å². The Morgan fingerprint density at radius 3 is 1.80 bits per heavy atom. The number of benzene rings is 3. The van der Waals surface area contributed by atoms with Crippen molar-refractivity contribution in [3.05, 3.63) is 94.0 Å². The van der Waals surface area contributed by atoms with Gasteiger partial charge in [0.05, 0.1) is 4.92 Å². The van der Waals surface area contributed by atoms with Crippen LogP contribution in [0.4, 0.5) is 5.69 Å². The molecule has 0 aliphatic rings. The molecule has 1 unspecified atom stereocenters. The Bertz CT molecular complexity index is 901. The molecule has 0 heterocycles. The molecule has 0 fully saturated rings. The van der Waals surface area contributed by atoms with E-state index in [1.165, 1.54) is 23.3 Å². The van der Waals surface area contributed by atoms with Gasteiger partial charge in [0.1, 0.15) is 5.75 Å². The lowest BCUT2D eigenvalue weighted by molar-refractivity contribution is -0.384. The molecule has 158 valence electrons. The lowest BCUT2D eigenvalue weighted by Gasteiger charge is -2.13. The Kier molecular flexibility index (Phi) is 9.03. The molecule has 0 aliphatic carbocycles. The minimum absolute atomic E-state index is 0.0999. The number of nitrogens with zero attached hydrogens (tertiary/aromatic N) is 1. The zero-order chi connectivity index (χ0) is 21.9. The van der Waals surface area contributed by atoms with Crippen LogP contribution in [0.3, 0.4) is 0 Å². The third-order valence-electron chi connectivity index (χ3n) is 4.78. The first-order valence-corrected chi connectivity index (χ1v) is 10.1. The van der Waals surface area contributed by atoms with Crippen LogP contribution in [0, 0.1) is 10.1 Å². The van der Waals surface area contributed by atoms with Gasteiger partial charge in [0, 0.05) is 25.3 Å². The minimum Gasteiger partial charge on any atom is -0.508 e. The van der Waals surface area contributed by atoms with Crippen molar-refractivity contribution in [2.75, 3.05) is 13.2 Å². The van der Waals surface area contributed by atoms with Gasteiger partial charge in [-0.15, -0.1) is 0 Å². The molecule has 30 heavy (non-hydrogen) atoms. The molecule has 0 amide bonds. The zero-order valence-corrected chi connectivity index (χ0v) is 17.7. The summed E-state index contributed by atoms with van der Waals surface area (Å²) in [5, 5.41) is 20.1. The Hall–Kier alpha value is -3.18. The van der Waals surface area contributed by atoms with Gasteiger partial charge in [0.15, 0.2) is 0 Å². The summed E-state index contributed by atoms with van der Waals surface area (Å²) in [4.78, 5) is 10.3. The van der Waals surface area contributed by atoms with Crippen molar-refractivity contribution in [3.63, 3.8) is 0 Å². The lowest BCUT2D eigenvalue weighted by atomic mass is 9.92. The van der Waals surface area contributed by atoms with E-state index >= 15 is 0 Å². The van der Waals surface area contributed by atoms with E-state index < -0.39 is 4.92 Å². The minimum atomic E-state index is -0.391. The van der Waals surface area contributed by atoms with Gasteiger partial charge in [0.2, 0.25) is 0 Å². The van der Waals surface area contributed by atoms with Crippen LogP contribution in [-0.4, -0.2) is 23.2 Å². The molecule has 3 aromatic rings. The number of nitro groups is 1. The van der Waals surface area contributed by atoms with Crippen LogP contribution in [0.1, 0.15) is 37.8 Å². The average Bonchev–Trinajstić information content (AvgIpc) is 2.76. The van der Waals surface area contributed by atoms with E-state index in [1.54, 1.807) is 24.3 Å². The highest BCUT2D eigenvalue weighted by atomic mass is 16.6. The summed E-state index contributed by atoms with van der Waals surface area (Å²) in [5.41, 5.74) is 4.52. The highest BCUT2D eigenvalue weighted by molar-refractivity contribution is 5.65. The first-order valence-electron chi connectivity index (χ1n) is 10.1. The third kappa shape index (κ3) is 7.01. The van der Waals surface area contributed by atoms with Crippen molar-refractivity contribution >= 4 is 5.69 Å². The molecular weight excluding hydrogens is 378 g/mol. The molecule has 5 nitrogen and oxygen atoms in total. The molecule has 5 heteroatoms. The van der Waals surface area contributed by atoms with Crippen LogP contribution < -0.4 is 0 Å². The molecule has 0 radical (unpaired) electrons. The molecule has 3 rings (SSSR count). The summed E-state index contributed by atoms with van der Waals surface area (Å²) < 4.78 is 4.83. The van der Waals surface area contributed by atoms with Gasteiger partial charge in [-0.2, -0.15) is 0 Å². The Morgan fingerprint density at radius 2 is 1.37 bits per heavy atom. The SMILES string of the molecule is CC(Cc1ccc(O)cc1)c1ccc(-c2ccc([N+](=O)[O-])cc2)cc1.CCOCC. The zero-order valence-electron chi connectivity index (χ0n) is 17.7. The Balaban J connectivity index is 0.000000575. The Labute approximate surface area is 178 Å². The number of non-ortho nitro benzene ring substituents is 1. The van der Waals surface area contributed by atoms with Crippen molar-refractivity contribution in [1.82, 2.24) is 0 Å². The standard InChI is InChI=1S/C21H19NO3.C4H10O/c1-15(14-16-2-12-21(23)13-3-16)17-4-6-18(7-5-17)19-8-10-20(11-9-19)22(24)25;1-3-5-4-2/h2-13,15,23H,14H2,1H3;3-4H2,1-2H3. The number of ether oxygens (including phenoxy) is 1. The average molecular weight is 408 g/mol. The normalized spacial score (nSPS) is 11.3. The number of hydrogen-bond donors (Lipinski definition) is 1. The van der Waals surface area contributed by atoms with E-state index in [9.17, 15) is 15.2 Å². The molecule has 0 aliphatic heterocycles. The molecule has 0 aromatic heterocycles. The fourth-order valence-electron chi connectivity index (χ4n) is 3.09.